The number of ether oxygens (including phenoxy) is 4. The van der Waals surface area contributed by atoms with E-state index in [1.54, 1.807) is 51.5 Å². The number of hydrogen-bond donors (Lipinski definition) is 1. The summed E-state index contributed by atoms with van der Waals surface area (Å²) in [5.74, 6) is 11.1. The Morgan fingerprint density at radius 2 is 1.44 bits per heavy atom. The molecule has 11 heteroatoms. The Bertz CT molecular complexity index is 1760. The molecule has 218 valence electrons. The van der Waals surface area contributed by atoms with Gasteiger partial charge in [0.2, 0.25) is 5.95 Å². The van der Waals surface area contributed by atoms with E-state index < -0.39 is 0 Å². The molecule has 11 nitrogen and oxygen atoms in total. The highest BCUT2D eigenvalue weighted by atomic mass is 16.5. The van der Waals surface area contributed by atoms with Crippen molar-refractivity contribution in [2.45, 2.75) is 19.9 Å². The van der Waals surface area contributed by atoms with Gasteiger partial charge in [-0.05, 0) is 66.3 Å². The minimum atomic E-state index is 0.456. The number of nitrogens with one attached hydrogen (secondary N) is 1. The minimum absolute atomic E-state index is 0.456. The predicted molar refractivity (Wildman–Crippen MR) is 161 cm³/mol. The van der Waals surface area contributed by atoms with Crippen molar-refractivity contribution in [2.24, 2.45) is 0 Å². The maximum absolute atomic E-state index is 5.51. The molecular formula is C32H31N7O4. The van der Waals surface area contributed by atoms with Crippen LogP contribution in [0.4, 0.5) is 5.95 Å². The van der Waals surface area contributed by atoms with Crippen molar-refractivity contribution in [1.29, 1.82) is 0 Å². The number of nitrogens with zero attached hydrogens (tertiary/aromatic N) is 6. The first kappa shape index (κ1) is 28.9. The van der Waals surface area contributed by atoms with E-state index in [4.69, 9.17) is 29.0 Å². The first-order valence-corrected chi connectivity index (χ1v) is 13.4. The van der Waals surface area contributed by atoms with Crippen molar-refractivity contribution in [3.63, 3.8) is 0 Å². The molecule has 0 bridgehead atoms. The fraction of sp³-hybridized carbons (Fsp3) is 0.219. The molecule has 0 aliphatic rings. The summed E-state index contributed by atoms with van der Waals surface area (Å²) in [4.78, 5) is 18.3. The molecule has 0 amide bonds. The minimum Gasteiger partial charge on any atom is -0.497 e. The molecule has 0 radical (unpaired) electrons. The lowest BCUT2D eigenvalue weighted by atomic mass is 10.1. The third kappa shape index (κ3) is 7.18. The van der Waals surface area contributed by atoms with Gasteiger partial charge >= 0.3 is 0 Å². The zero-order chi connectivity index (χ0) is 30.2. The number of rotatable bonds is 10. The fourth-order valence-corrected chi connectivity index (χ4v) is 4.24. The topological polar surface area (TPSA) is 118 Å². The average molecular weight is 578 g/mol. The number of methoxy groups -OCH3 is 4. The van der Waals surface area contributed by atoms with E-state index >= 15 is 0 Å². The van der Waals surface area contributed by atoms with Crippen molar-refractivity contribution in [2.75, 3.05) is 33.8 Å². The largest absolute Gasteiger partial charge is 0.497 e. The fourth-order valence-electron chi connectivity index (χ4n) is 4.24. The van der Waals surface area contributed by atoms with Crippen LogP contribution in [-0.4, -0.2) is 58.2 Å². The summed E-state index contributed by atoms with van der Waals surface area (Å²) in [6.45, 7) is 2.34. The monoisotopic (exact) mass is 577 g/mol. The zero-order valence-electron chi connectivity index (χ0n) is 24.6. The molecular weight excluding hydrogens is 546 g/mol. The van der Waals surface area contributed by atoms with Crippen LogP contribution in [0.5, 0.6) is 23.0 Å². The van der Waals surface area contributed by atoms with Crippen LogP contribution in [0.3, 0.4) is 0 Å². The molecule has 3 heterocycles. The molecule has 0 saturated heterocycles. The van der Waals surface area contributed by atoms with E-state index in [1.165, 1.54) is 0 Å². The molecule has 0 saturated carbocycles. The molecule has 43 heavy (non-hydrogen) atoms. The molecule has 0 atom stereocenters. The van der Waals surface area contributed by atoms with E-state index in [9.17, 15) is 0 Å². The molecule has 0 aliphatic heterocycles. The number of anilines is 1. The van der Waals surface area contributed by atoms with Crippen LogP contribution < -0.4 is 24.3 Å². The van der Waals surface area contributed by atoms with E-state index in [-0.39, 0.29) is 0 Å². The van der Waals surface area contributed by atoms with Crippen LogP contribution in [0.1, 0.15) is 34.2 Å². The number of benzene rings is 2. The van der Waals surface area contributed by atoms with Gasteiger partial charge in [-0.2, -0.15) is 9.67 Å². The molecule has 0 spiro atoms. The predicted octanol–water partition coefficient (Wildman–Crippen LogP) is 4.40. The van der Waals surface area contributed by atoms with Crippen LogP contribution in [0, 0.1) is 18.8 Å². The highest BCUT2D eigenvalue weighted by Crippen LogP contribution is 2.29. The van der Waals surface area contributed by atoms with Crippen molar-refractivity contribution in [1.82, 2.24) is 29.7 Å². The summed E-state index contributed by atoms with van der Waals surface area (Å²) >= 11 is 0. The van der Waals surface area contributed by atoms with Gasteiger partial charge in [0.1, 0.15) is 34.5 Å². The summed E-state index contributed by atoms with van der Waals surface area (Å²) in [6, 6.07) is 19.0. The SMILES string of the molecule is COc1ccc(CNc2nc(Cc3ccc(OC)c(OC)c3)n(-c3cc(C#Cc4ccc(OC)cn4)nc(C)n3)n2)cc1. The smallest absolute Gasteiger partial charge is 0.243 e. The second-order valence-corrected chi connectivity index (χ2v) is 9.32. The number of aromatic nitrogens is 6. The first-order valence-electron chi connectivity index (χ1n) is 13.4. The normalized spacial score (nSPS) is 10.4. The van der Waals surface area contributed by atoms with E-state index in [2.05, 4.69) is 32.1 Å². The number of aryl methyl sites for hydroxylation is 1. The van der Waals surface area contributed by atoms with E-state index in [0.29, 0.717) is 65.0 Å². The molecule has 5 rings (SSSR count). The van der Waals surface area contributed by atoms with Gasteiger partial charge < -0.3 is 24.3 Å². The van der Waals surface area contributed by atoms with Crippen LogP contribution >= 0.6 is 0 Å². The van der Waals surface area contributed by atoms with Crippen molar-refractivity contribution in [3.05, 3.63) is 101 Å². The lowest BCUT2D eigenvalue weighted by Gasteiger charge is -2.10. The lowest BCUT2D eigenvalue weighted by Crippen LogP contribution is -2.09. The summed E-state index contributed by atoms with van der Waals surface area (Å²) in [5.41, 5.74) is 3.14. The maximum Gasteiger partial charge on any atom is 0.243 e. The third-order valence-corrected chi connectivity index (χ3v) is 6.43. The second kappa shape index (κ2) is 13.4. The van der Waals surface area contributed by atoms with Gasteiger partial charge in [0, 0.05) is 19.0 Å². The van der Waals surface area contributed by atoms with Crippen LogP contribution in [0.25, 0.3) is 5.82 Å². The molecule has 5 aromatic rings. The van der Waals surface area contributed by atoms with Crippen molar-refractivity contribution in [3.8, 4) is 40.7 Å². The third-order valence-electron chi connectivity index (χ3n) is 6.43. The molecule has 0 fully saturated rings. The van der Waals surface area contributed by atoms with Crippen molar-refractivity contribution >= 4 is 5.95 Å². The summed E-state index contributed by atoms with van der Waals surface area (Å²) < 4.78 is 23.1. The Labute approximate surface area is 249 Å². The van der Waals surface area contributed by atoms with Gasteiger partial charge in [-0.3, -0.25) is 0 Å². The van der Waals surface area contributed by atoms with Crippen molar-refractivity contribution < 1.29 is 18.9 Å². The quantitative estimate of drug-likeness (QED) is 0.239. The Hall–Kier alpha value is -5.63. The van der Waals surface area contributed by atoms with E-state index in [0.717, 1.165) is 16.9 Å². The van der Waals surface area contributed by atoms with Gasteiger partial charge in [-0.15, -0.1) is 5.10 Å². The Morgan fingerprint density at radius 1 is 0.721 bits per heavy atom. The van der Waals surface area contributed by atoms with Crippen LogP contribution in [0.15, 0.2) is 66.9 Å². The van der Waals surface area contributed by atoms with Gasteiger partial charge in [-0.1, -0.05) is 18.2 Å². The summed E-state index contributed by atoms with van der Waals surface area (Å²) in [7, 11) is 6.46. The Kier molecular flexibility index (Phi) is 8.97. The Balaban J connectivity index is 1.48. The van der Waals surface area contributed by atoms with Gasteiger partial charge in [0.25, 0.3) is 0 Å². The standard InChI is InChI=1S/C32H31N7O4/c1-21-35-25(10-9-24-11-14-27(41-3)20-33-24)18-31(36-21)39-30(17-23-8-15-28(42-4)29(16-23)43-5)37-32(38-39)34-19-22-6-12-26(40-2)13-7-22/h6-8,11-16,18,20H,17,19H2,1-5H3,(H,34,38). The second-order valence-electron chi connectivity index (χ2n) is 9.32. The molecule has 1 N–H and O–H groups in total. The van der Waals surface area contributed by atoms with Crippen LogP contribution in [-0.2, 0) is 13.0 Å². The van der Waals surface area contributed by atoms with E-state index in [1.807, 2.05) is 55.5 Å². The summed E-state index contributed by atoms with van der Waals surface area (Å²) in [6.07, 6.45) is 2.08. The van der Waals surface area contributed by atoms with Gasteiger partial charge in [0.05, 0.1) is 34.6 Å². The Morgan fingerprint density at radius 3 is 2.14 bits per heavy atom. The number of hydrogen-bond acceptors (Lipinski definition) is 10. The highest BCUT2D eigenvalue weighted by Gasteiger charge is 2.16. The van der Waals surface area contributed by atoms with Gasteiger partial charge in [0.15, 0.2) is 17.3 Å². The molecule has 3 aromatic heterocycles. The summed E-state index contributed by atoms with van der Waals surface area (Å²) in [5, 5.41) is 8.09. The first-order chi connectivity index (χ1) is 21.0. The zero-order valence-corrected chi connectivity index (χ0v) is 24.6. The lowest BCUT2D eigenvalue weighted by molar-refractivity contribution is 0.354. The molecule has 2 aromatic carbocycles. The molecule has 0 unspecified atom stereocenters. The van der Waals surface area contributed by atoms with Crippen LogP contribution in [0.2, 0.25) is 0 Å². The van der Waals surface area contributed by atoms with Gasteiger partial charge in [-0.25, -0.2) is 15.0 Å². The molecule has 0 aliphatic carbocycles. The average Bonchev–Trinajstić information content (AvgIpc) is 3.45. The maximum atomic E-state index is 5.51. The highest BCUT2D eigenvalue weighted by molar-refractivity contribution is 5.45. The number of pyridine rings is 1.